The van der Waals surface area contributed by atoms with Gasteiger partial charge in [-0.2, -0.15) is 0 Å². The molecule has 0 aromatic heterocycles. The number of likely N-dealkylation sites (N-methyl/N-ethyl adjacent to an activating group) is 1. The minimum atomic E-state index is -0.120. The molecule has 0 saturated carbocycles. The number of halogens is 1. The SMILES string of the molecule is CCNC(=O)CN1CCN(Cc2cccc(Cl)c2)C1=O. The molecule has 1 aromatic rings. The van der Waals surface area contributed by atoms with E-state index < -0.39 is 0 Å². The fraction of sp³-hybridized carbons (Fsp3) is 0.429. The van der Waals surface area contributed by atoms with Crippen molar-refractivity contribution in [2.45, 2.75) is 13.5 Å². The average molecular weight is 296 g/mol. The summed E-state index contributed by atoms with van der Waals surface area (Å²) in [5.41, 5.74) is 0.991. The number of carbonyl (C=O) groups excluding carboxylic acids is 2. The van der Waals surface area contributed by atoms with Crippen LogP contribution in [0.4, 0.5) is 4.79 Å². The third kappa shape index (κ3) is 3.63. The highest BCUT2D eigenvalue weighted by Crippen LogP contribution is 2.16. The van der Waals surface area contributed by atoms with Crippen LogP contribution in [0.1, 0.15) is 12.5 Å². The van der Waals surface area contributed by atoms with Gasteiger partial charge in [-0.15, -0.1) is 0 Å². The molecule has 1 heterocycles. The molecule has 6 heteroatoms. The van der Waals surface area contributed by atoms with Crippen molar-refractivity contribution in [1.29, 1.82) is 0 Å². The standard InChI is InChI=1S/C14H18ClN3O2/c1-2-16-13(19)10-18-7-6-17(14(18)20)9-11-4-3-5-12(15)8-11/h3-5,8H,2,6-7,9-10H2,1H3,(H,16,19). The van der Waals surface area contributed by atoms with Gasteiger partial charge in [-0.05, 0) is 24.6 Å². The smallest absolute Gasteiger partial charge is 0.320 e. The van der Waals surface area contributed by atoms with Crippen molar-refractivity contribution in [1.82, 2.24) is 15.1 Å². The van der Waals surface area contributed by atoms with Gasteiger partial charge in [0.15, 0.2) is 0 Å². The summed E-state index contributed by atoms with van der Waals surface area (Å²) in [6.07, 6.45) is 0. The van der Waals surface area contributed by atoms with Crippen LogP contribution in [0.25, 0.3) is 0 Å². The van der Waals surface area contributed by atoms with E-state index in [9.17, 15) is 9.59 Å². The number of carbonyl (C=O) groups is 2. The Labute approximate surface area is 123 Å². The first kappa shape index (κ1) is 14.7. The second-order valence-corrected chi connectivity index (χ2v) is 5.15. The van der Waals surface area contributed by atoms with Crippen LogP contribution in [0, 0.1) is 0 Å². The van der Waals surface area contributed by atoms with Crippen LogP contribution in [-0.4, -0.2) is 47.9 Å². The van der Waals surface area contributed by atoms with Gasteiger partial charge in [-0.1, -0.05) is 23.7 Å². The van der Waals surface area contributed by atoms with Crippen molar-refractivity contribution < 1.29 is 9.59 Å². The minimum Gasteiger partial charge on any atom is -0.355 e. The summed E-state index contributed by atoms with van der Waals surface area (Å²) in [5.74, 6) is -0.120. The summed E-state index contributed by atoms with van der Waals surface area (Å²) in [6, 6.07) is 7.35. The molecular weight excluding hydrogens is 278 g/mol. The van der Waals surface area contributed by atoms with Crippen molar-refractivity contribution in [3.05, 3.63) is 34.9 Å². The molecule has 1 aromatic carbocycles. The Morgan fingerprint density at radius 3 is 2.80 bits per heavy atom. The number of nitrogens with zero attached hydrogens (tertiary/aromatic N) is 2. The first-order valence-corrected chi connectivity index (χ1v) is 7.03. The average Bonchev–Trinajstić information content (AvgIpc) is 2.72. The van der Waals surface area contributed by atoms with Crippen LogP contribution in [0.2, 0.25) is 5.02 Å². The normalized spacial score (nSPS) is 14.8. The largest absolute Gasteiger partial charge is 0.355 e. The molecule has 1 aliphatic heterocycles. The fourth-order valence-corrected chi connectivity index (χ4v) is 2.42. The molecule has 1 saturated heterocycles. The molecule has 0 unspecified atom stereocenters. The highest BCUT2D eigenvalue weighted by molar-refractivity contribution is 6.30. The molecular formula is C14H18ClN3O2. The molecule has 0 radical (unpaired) electrons. The second-order valence-electron chi connectivity index (χ2n) is 4.71. The maximum atomic E-state index is 12.2. The molecule has 1 aliphatic rings. The lowest BCUT2D eigenvalue weighted by Crippen LogP contribution is -2.39. The molecule has 0 spiro atoms. The third-order valence-corrected chi connectivity index (χ3v) is 3.39. The number of urea groups is 1. The van der Waals surface area contributed by atoms with Crippen LogP contribution in [-0.2, 0) is 11.3 Å². The van der Waals surface area contributed by atoms with Crippen molar-refractivity contribution in [3.8, 4) is 0 Å². The van der Waals surface area contributed by atoms with Crippen LogP contribution in [0.15, 0.2) is 24.3 Å². The lowest BCUT2D eigenvalue weighted by atomic mass is 10.2. The quantitative estimate of drug-likeness (QED) is 0.899. The Hall–Kier alpha value is -1.75. The fourth-order valence-electron chi connectivity index (χ4n) is 2.21. The van der Waals surface area contributed by atoms with Gasteiger partial charge in [0.25, 0.3) is 0 Å². The number of nitrogens with one attached hydrogen (secondary N) is 1. The van der Waals surface area contributed by atoms with Gasteiger partial charge < -0.3 is 15.1 Å². The van der Waals surface area contributed by atoms with E-state index in [0.29, 0.717) is 31.2 Å². The monoisotopic (exact) mass is 295 g/mol. The molecule has 0 atom stereocenters. The van der Waals surface area contributed by atoms with Crippen molar-refractivity contribution in [2.24, 2.45) is 0 Å². The van der Waals surface area contributed by atoms with E-state index in [1.165, 1.54) is 0 Å². The summed E-state index contributed by atoms with van der Waals surface area (Å²) < 4.78 is 0. The van der Waals surface area contributed by atoms with E-state index in [1.54, 1.807) is 15.9 Å². The molecule has 20 heavy (non-hydrogen) atoms. The molecule has 108 valence electrons. The summed E-state index contributed by atoms with van der Waals surface area (Å²) in [6.45, 7) is 4.29. The summed E-state index contributed by atoms with van der Waals surface area (Å²) in [4.78, 5) is 27.0. The van der Waals surface area contributed by atoms with Crippen molar-refractivity contribution in [3.63, 3.8) is 0 Å². The summed E-state index contributed by atoms with van der Waals surface area (Å²) in [7, 11) is 0. The Bertz CT molecular complexity index is 507. The third-order valence-electron chi connectivity index (χ3n) is 3.15. The number of hydrogen-bond donors (Lipinski definition) is 1. The molecule has 0 aliphatic carbocycles. The van der Waals surface area contributed by atoms with Gasteiger partial charge in [0.1, 0.15) is 6.54 Å². The predicted molar refractivity (Wildman–Crippen MR) is 77.5 cm³/mol. The maximum Gasteiger partial charge on any atom is 0.320 e. The van der Waals surface area contributed by atoms with Crippen LogP contribution >= 0.6 is 11.6 Å². The Morgan fingerprint density at radius 1 is 1.35 bits per heavy atom. The highest BCUT2D eigenvalue weighted by atomic mass is 35.5. The molecule has 2 rings (SSSR count). The van der Waals surface area contributed by atoms with E-state index in [4.69, 9.17) is 11.6 Å². The minimum absolute atomic E-state index is 0.101. The summed E-state index contributed by atoms with van der Waals surface area (Å²) >= 11 is 5.93. The molecule has 1 fully saturated rings. The molecule has 1 N–H and O–H groups in total. The van der Waals surface area contributed by atoms with E-state index in [2.05, 4.69) is 5.32 Å². The van der Waals surface area contributed by atoms with Crippen LogP contribution in [0.3, 0.4) is 0 Å². The number of benzene rings is 1. The van der Waals surface area contributed by atoms with Gasteiger partial charge >= 0.3 is 6.03 Å². The number of amides is 3. The predicted octanol–water partition coefficient (Wildman–Crippen LogP) is 1.71. The lowest BCUT2D eigenvalue weighted by molar-refractivity contribution is -0.121. The Balaban J connectivity index is 1.92. The van der Waals surface area contributed by atoms with Crippen molar-refractivity contribution >= 4 is 23.5 Å². The van der Waals surface area contributed by atoms with Crippen LogP contribution in [0.5, 0.6) is 0 Å². The highest BCUT2D eigenvalue weighted by Gasteiger charge is 2.29. The first-order valence-electron chi connectivity index (χ1n) is 6.65. The number of hydrogen-bond acceptors (Lipinski definition) is 2. The van der Waals surface area contributed by atoms with Gasteiger partial charge in [-0.3, -0.25) is 4.79 Å². The Morgan fingerprint density at radius 2 is 2.10 bits per heavy atom. The second kappa shape index (κ2) is 6.61. The van der Waals surface area contributed by atoms with Gasteiger partial charge in [0, 0.05) is 31.2 Å². The first-order chi connectivity index (χ1) is 9.60. The van der Waals surface area contributed by atoms with Gasteiger partial charge in [0.05, 0.1) is 0 Å². The topological polar surface area (TPSA) is 52.7 Å². The molecule has 5 nitrogen and oxygen atoms in total. The zero-order valence-corrected chi connectivity index (χ0v) is 12.2. The maximum absolute atomic E-state index is 12.2. The van der Waals surface area contributed by atoms with E-state index in [1.807, 2.05) is 25.1 Å². The van der Waals surface area contributed by atoms with E-state index in [-0.39, 0.29) is 18.5 Å². The zero-order chi connectivity index (χ0) is 14.5. The van der Waals surface area contributed by atoms with Crippen molar-refractivity contribution in [2.75, 3.05) is 26.2 Å². The zero-order valence-electron chi connectivity index (χ0n) is 11.4. The summed E-state index contributed by atoms with van der Waals surface area (Å²) in [5, 5.41) is 3.36. The molecule has 3 amide bonds. The lowest BCUT2D eigenvalue weighted by Gasteiger charge is -2.18. The molecule has 0 bridgehead atoms. The van der Waals surface area contributed by atoms with E-state index >= 15 is 0 Å². The Kier molecular flexibility index (Phi) is 4.84. The van der Waals surface area contributed by atoms with Gasteiger partial charge in [0.2, 0.25) is 5.91 Å². The number of rotatable bonds is 5. The van der Waals surface area contributed by atoms with Gasteiger partial charge in [-0.25, -0.2) is 4.79 Å². The van der Waals surface area contributed by atoms with E-state index in [0.717, 1.165) is 5.56 Å². The van der Waals surface area contributed by atoms with Crippen LogP contribution < -0.4 is 5.32 Å².